The summed E-state index contributed by atoms with van der Waals surface area (Å²) in [6.07, 6.45) is 1.56. The summed E-state index contributed by atoms with van der Waals surface area (Å²) in [5.74, 6) is -0.557. The topological polar surface area (TPSA) is 60.4 Å². The van der Waals surface area contributed by atoms with Crippen LogP contribution in [0.3, 0.4) is 0 Å². The van der Waals surface area contributed by atoms with Gasteiger partial charge in [0, 0.05) is 6.20 Å². The minimum absolute atomic E-state index is 0.300. The zero-order chi connectivity index (χ0) is 11.2. The second-order valence-electron chi connectivity index (χ2n) is 3.11. The number of pyridine rings is 1. The molecular weight excluding hydrogens is 237 g/mol. The minimum atomic E-state index is -0.557. The number of aromatic nitrogens is 2. The number of aryl methyl sites for hydroxylation is 1. The molecule has 0 fully saturated rings. The number of fused-ring (bicyclic) bond motifs is 1. The maximum atomic E-state index is 11.2. The van der Waals surface area contributed by atoms with E-state index in [9.17, 15) is 4.79 Å². The van der Waals surface area contributed by atoms with Gasteiger partial charge >= 0.3 is 0 Å². The number of hydrogen-bond donors (Lipinski definition) is 1. The first-order chi connectivity index (χ1) is 7.00. The number of carbonyl (C=O) groups is 1. The van der Waals surface area contributed by atoms with Crippen molar-refractivity contribution in [3.63, 3.8) is 0 Å². The van der Waals surface area contributed by atoms with Crippen LogP contribution in [0.1, 0.15) is 16.2 Å². The zero-order valence-corrected chi connectivity index (χ0v) is 9.30. The van der Waals surface area contributed by atoms with Gasteiger partial charge in [-0.1, -0.05) is 23.2 Å². The van der Waals surface area contributed by atoms with Crippen molar-refractivity contribution in [1.29, 1.82) is 0 Å². The van der Waals surface area contributed by atoms with Crippen molar-refractivity contribution in [3.05, 3.63) is 33.7 Å². The zero-order valence-electron chi connectivity index (χ0n) is 7.79. The van der Waals surface area contributed by atoms with E-state index in [1.807, 2.05) is 0 Å². The molecule has 2 N–H and O–H groups in total. The Morgan fingerprint density at radius 2 is 2.20 bits per heavy atom. The molecule has 0 radical (unpaired) electrons. The predicted octanol–water partition coefficient (Wildman–Crippen LogP) is 2.05. The molecular formula is C9H7Cl2N3O. The first-order valence-electron chi connectivity index (χ1n) is 4.14. The van der Waals surface area contributed by atoms with Gasteiger partial charge in [0.2, 0.25) is 0 Å². The molecule has 0 spiro atoms. The molecule has 6 heteroatoms. The van der Waals surface area contributed by atoms with E-state index in [1.54, 1.807) is 19.2 Å². The molecule has 0 saturated carbocycles. The van der Waals surface area contributed by atoms with E-state index in [0.717, 1.165) is 0 Å². The first-order valence-corrected chi connectivity index (χ1v) is 4.90. The number of hydrogen-bond acceptors (Lipinski definition) is 2. The number of nitrogens with zero attached hydrogens (tertiary/aromatic N) is 2. The molecule has 0 aliphatic rings. The Morgan fingerprint density at radius 1 is 1.53 bits per heavy atom. The quantitative estimate of drug-likeness (QED) is 0.834. The standard InChI is InChI=1S/C9H7Cl2N3O/c1-4-7(8(12)15)14-3-5(10)2-6(11)9(14)13-4/h2-3H,1H3,(H2,12,15). The molecule has 0 saturated heterocycles. The van der Waals surface area contributed by atoms with E-state index in [-0.39, 0.29) is 0 Å². The molecule has 1 amide bonds. The minimum Gasteiger partial charge on any atom is -0.364 e. The second kappa shape index (κ2) is 3.40. The number of nitrogens with two attached hydrogens (primary N) is 1. The van der Waals surface area contributed by atoms with Crippen LogP contribution >= 0.6 is 23.2 Å². The maximum Gasteiger partial charge on any atom is 0.267 e. The van der Waals surface area contributed by atoms with Gasteiger partial charge in [-0.2, -0.15) is 0 Å². The predicted molar refractivity (Wildman–Crippen MR) is 58.5 cm³/mol. The van der Waals surface area contributed by atoms with E-state index in [4.69, 9.17) is 28.9 Å². The summed E-state index contributed by atoms with van der Waals surface area (Å²) >= 11 is 11.8. The fraction of sp³-hybridized carbons (Fsp3) is 0.111. The van der Waals surface area contributed by atoms with Crippen molar-refractivity contribution in [1.82, 2.24) is 9.38 Å². The molecule has 4 nitrogen and oxygen atoms in total. The lowest BCUT2D eigenvalue weighted by Gasteiger charge is -2.00. The van der Waals surface area contributed by atoms with Crippen LogP contribution in [0, 0.1) is 6.92 Å². The van der Waals surface area contributed by atoms with Gasteiger partial charge in [-0.25, -0.2) is 4.98 Å². The van der Waals surface area contributed by atoms with Gasteiger partial charge in [0.15, 0.2) is 5.65 Å². The van der Waals surface area contributed by atoms with E-state index in [0.29, 0.717) is 27.1 Å². The lowest BCUT2D eigenvalue weighted by atomic mass is 10.3. The van der Waals surface area contributed by atoms with Gasteiger partial charge in [-0.3, -0.25) is 9.20 Å². The summed E-state index contributed by atoms with van der Waals surface area (Å²) in [6, 6.07) is 1.57. The van der Waals surface area contributed by atoms with Crippen LogP contribution in [-0.2, 0) is 0 Å². The fourth-order valence-electron chi connectivity index (χ4n) is 1.48. The number of halogens is 2. The van der Waals surface area contributed by atoms with Crippen LogP contribution < -0.4 is 5.73 Å². The lowest BCUT2D eigenvalue weighted by molar-refractivity contribution is 0.0994. The Hall–Kier alpha value is -1.26. The normalized spacial score (nSPS) is 10.9. The number of primary amides is 1. The fourth-order valence-corrected chi connectivity index (χ4v) is 2.00. The molecule has 2 heterocycles. The van der Waals surface area contributed by atoms with Crippen LogP contribution in [0.4, 0.5) is 0 Å². The number of carbonyl (C=O) groups excluding carboxylic acids is 1. The van der Waals surface area contributed by atoms with Crippen LogP contribution in [0.2, 0.25) is 10.0 Å². The smallest absolute Gasteiger partial charge is 0.267 e. The van der Waals surface area contributed by atoms with Crippen molar-refractivity contribution in [3.8, 4) is 0 Å². The van der Waals surface area contributed by atoms with Crippen LogP contribution in [0.15, 0.2) is 12.3 Å². The maximum absolute atomic E-state index is 11.2. The molecule has 78 valence electrons. The lowest BCUT2D eigenvalue weighted by Crippen LogP contribution is -2.15. The summed E-state index contributed by atoms with van der Waals surface area (Å²) < 4.78 is 1.50. The summed E-state index contributed by atoms with van der Waals surface area (Å²) in [4.78, 5) is 15.3. The third-order valence-corrected chi connectivity index (χ3v) is 2.53. The second-order valence-corrected chi connectivity index (χ2v) is 3.95. The van der Waals surface area contributed by atoms with Gasteiger partial charge < -0.3 is 5.73 Å². The Labute approximate surface area is 95.6 Å². The third-order valence-electron chi connectivity index (χ3n) is 2.05. The third kappa shape index (κ3) is 1.56. The van der Waals surface area contributed by atoms with Crippen molar-refractivity contribution >= 4 is 34.8 Å². The molecule has 2 rings (SSSR count). The van der Waals surface area contributed by atoms with Crippen molar-refractivity contribution in [2.45, 2.75) is 6.92 Å². The molecule has 0 aromatic carbocycles. The van der Waals surface area contributed by atoms with Crippen molar-refractivity contribution in [2.75, 3.05) is 0 Å². The Balaban J connectivity index is 2.93. The SMILES string of the molecule is Cc1nc2c(Cl)cc(Cl)cn2c1C(N)=O. The van der Waals surface area contributed by atoms with Crippen molar-refractivity contribution < 1.29 is 4.79 Å². The van der Waals surface area contributed by atoms with Gasteiger partial charge in [-0.15, -0.1) is 0 Å². The Kier molecular flexibility index (Phi) is 2.32. The van der Waals surface area contributed by atoms with Gasteiger partial charge in [0.1, 0.15) is 5.69 Å². The van der Waals surface area contributed by atoms with Gasteiger partial charge in [0.25, 0.3) is 5.91 Å². The first kappa shape index (κ1) is 10.3. The number of imidazole rings is 1. The highest BCUT2D eigenvalue weighted by Crippen LogP contribution is 2.23. The summed E-state index contributed by atoms with van der Waals surface area (Å²) in [5, 5.41) is 0.811. The number of amides is 1. The van der Waals surface area contributed by atoms with E-state index in [1.165, 1.54) is 4.40 Å². The van der Waals surface area contributed by atoms with Crippen LogP contribution in [0.25, 0.3) is 5.65 Å². The monoisotopic (exact) mass is 243 g/mol. The Bertz CT molecular complexity index is 562. The number of rotatable bonds is 1. The largest absolute Gasteiger partial charge is 0.364 e. The average molecular weight is 244 g/mol. The molecule has 2 aromatic heterocycles. The molecule has 0 unspecified atom stereocenters. The van der Waals surface area contributed by atoms with Crippen molar-refractivity contribution in [2.24, 2.45) is 5.73 Å². The van der Waals surface area contributed by atoms with Gasteiger partial charge in [-0.05, 0) is 13.0 Å². The highest BCUT2D eigenvalue weighted by molar-refractivity contribution is 6.36. The average Bonchev–Trinajstić information content (AvgIpc) is 2.41. The summed E-state index contributed by atoms with van der Waals surface area (Å²) in [5.41, 5.74) is 6.55. The van der Waals surface area contributed by atoms with Gasteiger partial charge in [0.05, 0.1) is 15.7 Å². The molecule has 0 aliphatic carbocycles. The highest BCUT2D eigenvalue weighted by Gasteiger charge is 2.15. The van der Waals surface area contributed by atoms with E-state index < -0.39 is 5.91 Å². The summed E-state index contributed by atoms with van der Waals surface area (Å²) in [6.45, 7) is 1.69. The van der Waals surface area contributed by atoms with Crippen LogP contribution in [0.5, 0.6) is 0 Å². The highest BCUT2D eigenvalue weighted by atomic mass is 35.5. The van der Waals surface area contributed by atoms with E-state index >= 15 is 0 Å². The van der Waals surface area contributed by atoms with Crippen LogP contribution in [-0.4, -0.2) is 15.3 Å². The molecule has 2 aromatic rings. The summed E-state index contributed by atoms with van der Waals surface area (Å²) in [7, 11) is 0. The molecule has 15 heavy (non-hydrogen) atoms. The Morgan fingerprint density at radius 3 is 2.80 bits per heavy atom. The molecule has 0 bridgehead atoms. The molecule has 0 aliphatic heterocycles. The molecule has 0 atom stereocenters. The van der Waals surface area contributed by atoms with E-state index in [2.05, 4.69) is 4.98 Å².